The zero-order chi connectivity index (χ0) is 18.3. The molecule has 128 valence electrons. The minimum absolute atomic E-state index is 0.0536. The van der Waals surface area contributed by atoms with Gasteiger partial charge >= 0.3 is 0 Å². The van der Waals surface area contributed by atoms with Gasteiger partial charge in [0.05, 0.1) is 5.69 Å². The van der Waals surface area contributed by atoms with Crippen LogP contribution in [0.5, 0.6) is 0 Å². The van der Waals surface area contributed by atoms with E-state index in [2.05, 4.69) is 5.32 Å². The molecule has 6 heteroatoms. The summed E-state index contributed by atoms with van der Waals surface area (Å²) < 4.78 is 0. The van der Waals surface area contributed by atoms with Crippen molar-refractivity contribution in [2.24, 2.45) is 0 Å². The molecule has 1 heterocycles. The molecule has 2 aromatic carbocycles. The summed E-state index contributed by atoms with van der Waals surface area (Å²) in [5, 5.41) is 3.35. The van der Waals surface area contributed by atoms with Crippen LogP contribution >= 0.6 is 23.2 Å². The fraction of sp³-hybridized carbons (Fsp3) is 0.158. The second-order valence-corrected chi connectivity index (χ2v) is 6.82. The number of imide groups is 1. The zero-order valence-corrected chi connectivity index (χ0v) is 15.5. The maximum atomic E-state index is 12.9. The molecule has 2 aromatic rings. The molecule has 3 rings (SSSR count). The van der Waals surface area contributed by atoms with Gasteiger partial charge in [-0.15, -0.1) is 0 Å². The van der Waals surface area contributed by atoms with Crippen LogP contribution in [0.25, 0.3) is 0 Å². The third-order valence-electron chi connectivity index (χ3n) is 4.09. The lowest BCUT2D eigenvalue weighted by molar-refractivity contribution is -0.120. The number of rotatable bonds is 3. The van der Waals surface area contributed by atoms with Gasteiger partial charge in [-0.25, -0.2) is 4.90 Å². The van der Waals surface area contributed by atoms with E-state index in [1.807, 2.05) is 39.0 Å². The van der Waals surface area contributed by atoms with Crippen molar-refractivity contribution in [2.75, 3.05) is 10.2 Å². The van der Waals surface area contributed by atoms with Gasteiger partial charge in [0.2, 0.25) is 0 Å². The van der Waals surface area contributed by atoms with Crippen LogP contribution in [0.4, 0.5) is 11.4 Å². The molecule has 0 fully saturated rings. The summed E-state index contributed by atoms with van der Waals surface area (Å²) in [6.45, 7) is 5.62. The highest BCUT2D eigenvalue weighted by Crippen LogP contribution is 2.33. The summed E-state index contributed by atoms with van der Waals surface area (Å²) in [4.78, 5) is 26.5. The molecule has 2 amide bonds. The molecule has 0 atom stereocenters. The van der Waals surface area contributed by atoms with Crippen molar-refractivity contribution in [3.05, 3.63) is 68.8 Å². The number of hydrogen-bond acceptors (Lipinski definition) is 3. The minimum atomic E-state index is -0.539. The summed E-state index contributed by atoms with van der Waals surface area (Å²) in [5.41, 5.74) is 3.86. The fourth-order valence-electron chi connectivity index (χ4n) is 2.65. The highest BCUT2D eigenvalue weighted by molar-refractivity contribution is 6.53. The lowest BCUT2D eigenvalue weighted by Crippen LogP contribution is -2.33. The first-order chi connectivity index (χ1) is 11.8. The number of nitrogens with one attached hydrogen (secondary N) is 1. The largest absolute Gasteiger partial charge is 0.349 e. The van der Waals surface area contributed by atoms with Crippen molar-refractivity contribution in [3.63, 3.8) is 0 Å². The molecule has 25 heavy (non-hydrogen) atoms. The highest BCUT2D eigenvalue weighted by Gasteiger charge is 2.39. The Morgan fingerprint density at radius 2 is 1.56 bits per heavy atom. The molecule has 0 aromatic heterocycles. The van der Waals surface area contributed by atoms with E-state index in [0.29, 0.717) is 16.4 Å². The zero-order valence-electron chi connectivity index (χ0n) is 14.0. The Bertz CT molecular complexity index is 935. The third kappa shape index (κ3) is 3.15. The standard InChI is InChI=1S/C19H16Cl2N2O2/c1-10-4-5-12(3)15(8-10)23-18(24)16(21)17(19(23)25)22-14-9-13(20)7-6-11(14)2/h4-9,22H,1-3H3. The normalized spacial score (nSPS) is 14.5. The predicted octanol–water partition coefficient (Wildman–Crippen LogP) is 4.70. The molecule has 0 radical (unpaired) electrons. The van der Waals surface area contributed by atoms with E-state index in [-0.39, 0.29) is 10.7 Å². The Morgan fingerprint density at radius 1 is 0.880 bits per heavy atom. The second kappa shape index (κ2) is 6.54. The van der Waals surface area contributed by atoms with E-state index in [0.717, 1.165) is 21.6 Å². The van der Waals surface area contributed by atoms with Crippen molar-refractivity contribution < 1.29 is 9.59 Å². The van der Waals surface area contributed by atoms with Gasteiger partial charge in [-0.1, -0.05) is 41.4 Å². The average Bonchev–Trinajstić information content (AvgIpc) is 2.77. The van der Waals surface area contributed by atoms with E-state index in [9.17, 15) is 9.59 Å². The monoisotopic (exact) mass is 374 g/mol. The molecule has 0 aliphatic carbocycles. The van der Waals surface area contributed by atoms with E-state index in [4.69, 9.17) is 23.2 Å². The summed E-state index contributed by atoms with van der Waals surface area (Å²) in [5.74, 6) is -1.02. The number of nitrogens with zero attached hydrogens (tertiary/aromatic N) is 1. The maximum absolute atomic E-state index is 12.9. The van der Waals surface area contributed by atoms with Crippen LogP contribution in [0.15, 0.2) is 47.1 Å². The first-order valence-electron chi connectivity index (χ1n) is 7.68. The van der Waals surface area contributed by atoms with Gasteiger partial charge in [0.25, 0.3) is 11.8 Å². The Labute approximate surface area is 156 Å². The number of amides is 2. The van der Waals surface area contributed by atoms with Gasteiger partial charge in [-0.2, -0.15) is 0 Å². The topological polar surface area (TPSA) is 49.4 Å². The van der Waals surface area contributed by atoms with E-state index >= 15 is 0 Å². The van der Waals surface area contributed by atoms with Crippen LogP contribution in [0.3, 0.4) is 0 Å². The summed E-state index contributed by atoms with van der Waals surface area (Å²) in [6.07, 6.45) is 0. The molecular formula is C19H16Cl2N2O2. The Kier molecular flexibility index (Phi) is 4.58. The van der Waals surface area contributed by atoms with Gasteiger partial charge in [0.15, 0.2) is 0 Å². The first kappa shape index (κ1) is 17.5. The van der Waals surface area contributed by atoms with Crippen LogP contribution in [-0.4, -0.2) is 11.8 Å². The van der Waals surface area contributed by atoms with E-state index in [1.54, 1.807) is 18.2 Å². The smallest absolute Gasteiger partial charge is 0.283 e. The molecule has 1 aliphatic heterocycles. The second-order valence-electron chi connectivity index (χ2n) is 6.01. The van der Waals surface area contributed by atoms with E-state index < -0.39 is 11.8 Å². The Balaban J connectivity index is 2.00. The van der Waals surface area contributed by atoms with Crippen molar-refractivity contribution >= 4 is 46.4 Å². The summed E-state index contributed by atoms with van der Waals surface area (Å²) >= 11 is 12.2. The summed E-state index contributed by atoms with van der Waals surface area (Å²) in [7, 11) is 0. The van der Waals surface area contributed by atoms with Gasteiger partial charge in [0.1, 0.15) is 10.7 Å². The molecule has 0 saturated carbocycles. The number of carbonyl (C=O) groups excluding carboxylic acids is 2. The molecule has 0 saturated heterocycles. The van der Waals surface area contributed by atoms with Gasteiger partial charge in [-0.05, 0) is 55.7 Å². The number of hydrogen-bond donors (Lipinski definition) is 1. The number of anilines is 2. The molecule has 0 spiro atoms. The predicted molar refractivity (Wildman–Crippen MR) is 101 cm³/mol. The Hall–Kier alpha value is -2.30. The molecule has 0 bridgehead atoms. The first-order valence-corrected chi connectivity index (χ1v) is 8.44. The number of carbonyl (C=O) groups is 2. The van der Waals surface area contributed by atoms with Gasteiger partial charge in [0, 0.05) is 10.7 Å². The number of halogens is 2. The molecular weight excluding hydrogens is 359 g/mol. The van der Waals surface area contributed by atoms with Crippen LogP contribution in [0.2, 0.25) is 5.02 Å². The molecule has 0 unspecified atom stereocenters. The SMILES string of the molecule is Cc1ccc(C)c(N2C(=O)C(Cl)=C(Nc3cc(Cl)ccc3C)C2=O)c1. The maximum Gasteiger partial charge on any atom is 0.283 e. The minimum Gasteiger partial charge on any atom is -0.349 e. The fourth-order valence-corrected chi connectivity index (χ4v) is 3.04. The molecule has 1 aliphatic rings. The number of aryl methyl sites for hydroxylation is 3. The highest BCUT2D eigenvalue weighted by atomic mass is 35.5. The van der Waals surface area contributed by atoms with Gasteiger partial charge in [-0.3, -0.25) is 9.59 Å². The molecule has 4 nitrogen and oxygen atoms in total. The van der Waals surface area contributed by atoms with E-state index in [1.165, 1.54) is 0 Å². The van der Waals surface area contributed by atoms with Crippen LogP contribution < -0.4 is 10.2 Å². The van der Waals surface area contributed by atoms with Crippen molar-refractivity contribution in [2.45, 2.75) is 20.8 Å². The van der Waals surface area contributed by atoms with Crippen molar-refractivity contribution in [3.8, 4) is 0 Å². The third-order valence-corrected chi connectivity index (χ3v) is 4.68. The van der Waals surface area contributed by atoms with Gasteiger partial charge < -0.3 is 5.32 Å². The quantitative estimate of drug-likeness (QED) is 0.791. The van der Waals surface area contributed by atoms with Crippen LogP contribution in [-0.2, 0) is 9.59 Å². The van der Waals surface area contributed by atoms with Crippen molar-refractivity contribution in [1.29, 1.82) is 0 Å². The lowest BCUT2D eigenvalue weighted by atomic mass is 10.1. The lowest BCUT2D eigenvalue weighted by Gasteiger charge is -2.18. The summed E-state index contributed by atoms with van der Waals surface area (Å²) in [6, 6.07) is 10.8. The molecule has 1 N–H and O–H groups in total. The van der Waals surface area contributed by atoms with Crippen LogP contribution in [0, 0.1) is 20.8 Å². The Morgan fingerprint density at radius 3 is 2.28 bits per heavy atom. The van der Waals surface area contributed by atoms with Crippen LogP contribution in [0.1, 0.15) is 16.7 Å². The van der Waals surface area contributed by atoms with Crippen molar-refractivity contribution in [1.82, 2.24) is 0 Å². The number of benzene rings is 2. The average molecular weight is 375 g/mol.